The van der Waals surface area contributed by atoms with Gasteiger partial charge in [0.05, 0.1) is 10.4 Å². The molecule has 5 heteroatoms. The molecule has 7 rings (SSSR count). The van der Waals surface area contributed by atoms with Gasteiger partial charge in [0, 0.05) is 70.2 Å². The molecule has 2 aliphatic rings. The monoisotopic (exact) mass is 494 g/mol. The summed E-state index contributed by atoms with van der Waals surface area (Å²) in [6, 6.07) is 30.7. The molecule has 182 valence electrons. The number of fused-ring (bicyclic) bond motifs is 4. The van der Waals surface area contributed by atoms with Crippen molar-refractivity contribution < 1.29 is 0 Å². The first kappa shape index (κ1) is 22.2. The predicted octanol–water partition coefficient (Wildman–Crippen LogP) is 3.30. The molecule has 0 saturated heterocycles. The zero-order valence-corrected chi connectivity index (χ0v) is 20.9. The van der Waals surface area contributed by atoms with Crippen molar-refractivity contribution in [2.45, 2.75) is 0 Å². The van der Waals surface area contributed by atoms with Crippen LogP contribution in [0.3, 0.4) is 0 Å². The fraction of sp³-hybridized carbons (Fsp3) is 0.0606. The molecular formula is C33H22N2O3. The molecule has 5 nitrogen and oxygen atoms in total. The van der Waals surface area contributed by atoms with Crippen LogP contribution in [0, 0.1) is 0 Å². The maximum Gasteiger partial charge on any atom is 0.238 e. The van der Waals surface area contributed by atoms with E-state index < -0.39 is 16.3 Å². The molecule has 0 bridgehead atoms. The van der Waals surface area contributed by atoms with Crippen molar-refractivity contribution in [1.29, 1.82) is 0 Å². The molecule has 0 aliphatic carbocycles. The zero-order valence-electron chi connectivity index (χ0n) is 20.9. The number of para-hydroxylation sites is 4. The standard InChI is InChI=1S/C33H22N2O3/c1-34-23-15-7-3-11-19(23)27(20-12-4-8-16-24(20)34)29-31(36)30(33(38)32(29)37)28-21-13-5-9-17-25(21)35(2)26-18-10-6-14-22(26)28/h3-18H,1-2H3. The van der Waals surface area contributed by atoms with E-state index in [2.05, 4.69) is 0 Å². The highest BCUT2D eigenvalue weighted by Crippen LogP contribution is 2.43. The van der Waals surface area contributed by atoms with E-state index in [1.165, 1.54) is 0 Å². The summed E-state index contributed by atoms with van der Waals surface area (Å²) in [5.41, 5.74) is 5.53. The quantitative estimate of drug-likeness (QED) is 0.309. The van der Waals surface area contributed by atoms with E-state index in [0.717, 1.165) is 45.0 Å². The number of benzene rings is 4. The minimum atomic E-state index is -0.754. The van der Waals surface area contributed by atoms with Crippen LogP contribution in [0.4, 0.5) is 22.7 Å². The Kier molecular flexibility index (Phi) is 4.66. The Morgan fingerprint density at radius 1 is 0.395 bits per heavy atom. The van der Waals surface area contributed by atoms with Gasteiger partial charge in [0.25, 0.3) is 0 Å². The van der Waals surface area contributed by atoms with E-state index >= 15 is 0 Å². The summed E-state index contributed by atoms with van der Waals surface area (Å²) >= 11 is 0. The Labute approximate surface area is 218 Å². The second kappa shape index (κ2) is 7.98. The fourth-order valence-corrected chi connectivity index (χ4v) is 6.01. The van der Waals surface area contributed by atoms with E-state index in [0.29, 0.717) is 11.1 Å². The lowest BCUT2D eigenvalue weighted by molar-refractivity contribution is 1.17. The molecular weight excluding hydrogens is 472 g/mol. The van der Waals surface area contributed by atoms with E-state index in [1.807, 2.05) is 121 Å². The topological polar surface area (TPSA) is 57.7 Å². The second-order valence-electron chi connectivity index (χ2n) is 9.67. The molecule has 0 unspecified atom stereocenters. The van der Waals surface area contributed by atoms with Crippen molar-refractivity contribution >= 4 is 33.9 Å². The van der Waals surface area contributed by atoms with Crippen LogP contribution in [-0.4, -0.2) is 14.1 Å². The molecule has 0 atom stereocenters. The van der Waals surface area contributed by atoms with Gasteiger partial charge in [-0.1, -0.05) is 72.8 Å². The SMILES string of the molecule is CN1c2ccccc2C(=c2c(=O)c(=O)c(=C3c4ccccc4N(C)c4ccccc43)c2=O)c2ccccc21. The third kappa shape index (κ3) is 2.84. The average Bonchev–Trinajstić information content (AvgIpc) is 3.17. The maximum absolute atomic E-state index is 14.3. The van der Waals surface area contributed by atoms with E-state index in [9.17, 15) is 14.4 Å². The van der Waals surface area contributed by atoms with E-state index in [-0.39, 0.29) is 10.4 Å². The number of rotatable bonds is 0. The second-order valence-corrected chi connectivity index (χ2v) is 9.67. The number of hydrogen-bond donors (Lipinski definition) is 0. The van der Waals surface area contributed by atoms with Gasteiger partial charge in [0.1, 0.15) is 0 Å². The summed E-state index contributed by atoms with van der Waals surface area (Å²) in [5.74, 6) is 0. The first-order valence-corrected chi connectivity index (χ1v) is 12.5. The molecule has 0 radical (unpaired) electrons. The Balaban J connectivity index is 1.73. The third-order valence-corrected chi connectivity index (χ3v) is 7.75. The van der Waals surface area contributed by atoms with Crippen LogP contribution in [0.15, 0.2) is 111 Å². The molecule has 2 aliphatic heterocycles. The summed E-state index contributed by atoms with van der Waals surface area (Å²) in [6.07, 6.45) is 0. The van der Waals surface area contributed by atoms with Crippen molar-refractivity contribution in [1.82, 2.24) is 0 Å². The summed E-state index contributed by atoms with van der Waals surface area (Å²) in [6.45, 7) is 0. The van der Waals surface area contributed by atoms with E-state index in [4.69, 9.17) is 0 Å². The molecule has 0 spiro atoms. The molecule has 2 heterocycles. The van der Waals surface area contributed by atoms with Crippen molar-refractivity contribution in [3.63, 3.8) is 0 Å². The smallest absolute Gasteiger partial charge is 0.238 e. The highest BCUT2D eigenvalue weighted by atomic mass is 16.2. The van der Waals surface area contributed by atoms with Crippen molar-refractivity contribution in [2.75, 3.05) is 23.9 Å². The number of hydrogen-bond acceptors (Lipinski definition) is 5. The van der Waals surface area contributed by atoms with Gasteiger partial charge in [-0.15, -0.1) is 0 Å². The van der Waals surface area contributed by atoms with Gasteiger partial charge in [-0.2, -0.15) is 0 Å². The Morgan fingerprint density at radius 2 is 0.658 bits per heavy atom. The van der Waals surface area contributed by atoms with Crippen molar-refractivity contribution in [3.05, 3.63) is 160 Å². The molecule has 5 aromatic carbocycles. The van der Waals surface area contributed by atoms with Gasteiger partial charge >= 0.3 is 0 Å². The van der Waals surface area contributed by atoms with Crippen LogP contribution < -0.4 is 36.5 Å². The van der Waals surface area contributed by atoms with Crippen LogP contribution >= 0.6 is 0 Å². The van der Waals surface area contributed by atoms with Gasteiger partial charge in [-0.3, -0.25) is 14.4 Å². The van der Waals surface area contributed by atoms with Crippen LogP contribution in [0.5, 0.6) is 0 Å². The van der Waals surface area contributed by atoms with Gasteiger partial charge in [0.2, 0.25) is 16.3 Å². The highest BCUT2D eigenvalue weighted by molar-refractivity contribution is 5.99. The lowest BCUT2D eigenvalue weighted by Crippen LogP contribution is -2.41. The summed E-state index contributed by atoms with van der Waals surface area (Å²) < 4.78 is 0. The van der Waals surface area contributed by atoms with Gasteiger partial charge in [-0.25, -0.2) is 0 Å². The van der Waals surface area contributed by atoms with Crippen molar-refractivity contribution in [2.24, 2.45) is 0 Å². The van der Waals surface area contributed by atoms with E-state index in [1.54, 1.807) is 0 Å². The Morgan fingerprint density at radius 3 is 0.947 bits per heavy atom. The van der Waals surface area contributed by atoms with Gasteiger partial charge in [0.15, 0.2) is 0 Å². The van der Waals surface area contributed by atoms with Gasteiger partial charge in [-0.05, 0) is 24.3 Å². The number of nitrogens with zero attached hydrogens (tertiary/aromatic N) is 2. The molecule has 0 fully saturated rings. The average molecular weight is 495 g/mol. The minimum Gasteiger partial charge on any atom is -0.344 e. The molecule has 0 saturated carbocycles. The summed E-state index contributed by atoms with van der Waals surface area (Å²) in [7, 11) is 3.92. The molecule has 0 amide bonds. The van der Waals surface area contributed by atoms with Crippen molar-refractivity contribution in [3.8, 4) is 0 Å². The fourth-order valence-electron chi connectivity index (χ4n) is 6.01. The normalized spacial score (nSPS) is 13.6. The zero-order chi connectivity index (χ0) is 26.1. The first-order chi connectivity index (χ1) is 18.5. The largest absolute Gasteiger partial charge is 0.344 e. The Bertz CT molecular complexity index is 1840. The molecule has 0 aromatic heterocycles. The van der Waals surface area contributed by atoms with Crippen LogP contribution in [0.1, 0.15) is 22.3 Å². The first-order valence-electron chi connectivity index (χ1n) is 12.5. The lowest BCUT2D eigenvalue weighted by Gasteiger charge is -2.31. The van der Waals surface area contributed by atoms with Crippen LogP contribution in [0.2, 0.25) is 0 Å². The highest BCUT2D eigenvalue weighted by Gasteiger charge is 2.30. The summed E-state index contributed by atoms with van der Waals surface area (Å²) in [5, 5.41) is -0.112. The molecule has 5 aromatic rings. The number of anilines is 4. The predicted molar refractivity (Wildman–Crippen MR) is 152 cm³/mol. The molecule has 0 N–H and O–H groups in total. The minimum absolute atomic E-state index is 0.0561. The Hall–Kier alpha value is -5.03. The van der Waals surface area contributed by atoms with Crippen LogP contribution in [-0.2, 0) is 0 Å². The lowest BCUT2D eigenvalue weighted by atomic mass is 9.88. The molecule has 38 heavy (non-hydrogen) atoms. The van der Waals surface area contributed by atoms with Gasteiger partial charge < -0.3 is 9.80 Å². The maximum atomic E-state index is 14.3. The summed E-state index contributed by atoms with van der Waals surface area (Å²) in [4.78, 5) is 46.0. The van der Waals surface area contributed by atoms with Crippen LogP contribution in [0.25, 0.3) is 11.1 Å². The third-order valence-electron chi connectivity index (χ3n) is 7.75.